The molecule has 2 amide bonds. The number of rotatable bonds is 3. The fourth-order valence-corrected chi connectivity index (χ4v) is 2.89. The zero-order valence-corrected chi connectivity index (χ0v) is 12.9. The maximum absolute atomic E-state index is 12.6. The largest absolute Gasteiger partial charge is 0.382 e. The second-order valence-corrected chi connectivity index (χ2v) is 5.51. The Morgan fingerprint density at radius 3 is 2.59 bits per heavy atom. The number of nitrogens with one attached hydrogen (secondary N) is 2. The summed E-state index contributed by atoms with van der Waals surface area (Å²) in [6.45, 7) is 5.20. The minimum absolute atomic E-state index is 0.0976. The summed E-state index contributed by atoms with van der Waals surface area (Å²) in [4.78, 5) is 14.3. The molecule has 4 N–H and O–H groups in total. The number of H-pyrrole nitrogens is 1. The van der Waals surface area contributed by atoms with Crippen LogP contribution in [-0.4, -0.2) is 21.1 Å². The highest BCUT2D eigenvalue weighted by Crippen LogP contribution is 2.27. The van der Waals surface area contributed by atoms with Crippen LogP contribution in [0.4, 0.5) is 16.3 Å². The van der Waals surface area contributed by atoms with Gasteiger partial charge in [0, 0.05) is 11.3 Å². The minimum Gasteiger partial charge on any atom is -0.382 e. The standard InChI is InChI=1S/C16H21N5O/c1-3-10-6-5-7-11(4-2)14(10)18-16(22)21-8-12-13(9-21)19-20-15(12)17/h5-7H,3-4,8-9H2,1-2H3,(H,18,22)(H3,17,19,20). The van der Waals surface area contributed by atoms with Crippen molar-refractivity contribution in [3.63, 3.8) is 0 Å². The average molecular weight is 299 g/mol. The fraction of sp³-hybridized carbons (Fsp3) is 0.375. The van der Waals surface area contributed by atoms with Crippen molar-refractivity contribution in [1.82, 2.24) is 15.1 Å². The molecule has 0 spiro atoms. The Kier molecular flexibility index (Phi) is 3.75. The maximum Gasteiger partial charge on any atom is 0.322 e. The SMILES string of the molecule is CCc1cccc(CC)c1NC(=O)N1Cc2[nH]nc(N)c2C1. The lowest BCUT2D eigenvalue weighted by Crippen LogP contribution is -2.31. The van der Waals surface area contributed by atoms with Crippen LogP contribution in [0.5, 0.6) is 0 Å². The number of benzene rings is 1. The van der Waals surface area contributed by atoms with Gasteiger partial charge in [-0.2, -0.15) is 5.10 Å². The Labute approximate surface area is 129 Å². The quantitative estimate of drug-likeness (QED) is 0.814. The van der Waals surface area contributed by atoms with Gasteiger partial charge in [-0.25, -0.2) is 4.79 Å². The van der Waals surface area contributed by atoms with Gasteiger partial charge in [0.15, 0.2) is 5.82 Å². The first-order valence-corrected chi connectivity index (χ1v) is 7.62. The Morgan fingerprint density at radius 2 is 2.00 bits per heavy atom. The molecule has 3 rings (SSSR count). The molecule has 1 aromatic carbocycles. The molecule has 0 saturated heterocycles. The molecule has 2 heterocycles. The first kappa shape index (κ1) is 14.4. The van der Waals surface area contributed by atoms with Crippen molar-refractivity contribution in [3.05, 3.63) is 40.6 Å². The predicted molar refractivity (Wildman–Crippen MR) is 86.5 cm³/mol. The smallest absolute Gasteiger partial charge is 0.322 e. The van der Waals surface area contributed by atoms with Crippen LogP contribution in [-0.2, 0) is 25.9 Å². The number of amides is 2. The van der Waals surface area contributed by atoms with Crippen LogP contribution in [0.25, 0.3) is 0 Å². The van der Waals surface area contributed by atoms with Gasteiger partial charge in [0.25, 0.3) is 0 Å². The molecule has 6 nitrogen and oxygen atoms in total. The average Bonchev–Trinajstić information content (AvgIpc) is 3.10. The van der Waals surface area contributed by atoms with E-state index in [9.17, 15) is 4.79 Å². The van der Waals surface area contributed by atoms with Gasteiger partial charge in [0.05, 0.1) is 18.8 Å². The number of aromatic amines is 1. The Balaban J connectivity index is 1.79. The molecule has 2 aromatic rings. The highest BCUT2D eigenvalue weighted by molar-refractivity contribution is 5.91. The molecule has 0 fully saturated rings. The monoisotopic (exact) mass is 299 g/mol. The minimum atomic E-state index is -0.0976. The number of carbonyl (C=O) groups excluding carboxylic acids is 1. The normalized spacial score (nSPS) is 13.3. The predicted octanol–water partition coefficient (Wildman–Crippen LogP) is 2.66. The molecule has 0 radical (unpaired) electrons. The summed E-state index contributed by atoms with van der Waals surface area (Å²) in [5.74, 6) is 0.480. The van der Waals surface area contributed by atoms with Crippen LogP contribution in [0.1, 0.15) is 36.2 Å². The van der Waals surface area contributed by atoms with E-state index in [1.54, 1.807) is 4.90 Å². The second kappa shape index (κ2) is 5.71. The molecule has 22 heavy (non-hydrogen) atoms. The molecule has 0 aliphatic carbocycles. The number of nitrogen functional groups attached to an aromatic ring is 1. The van der Waals surface area contributed by atoms with Gasteiger partial charge in [-0.05, 0) is 24.0 Å². The van der Waals surface area contributed by atoms with E-state index in [4.69, 9.17) is 5.73 Å². The lowest BCUT2D eigenvalue weighted by molar-refractivity contribution is 0.212. The van der Waals surface area contributed by atoms with E-state index < -0.39 is 0 Å². The molecule has 6 heteroatoms. The molecule has 0 atom stereocenters. The van der Waals surface area contributed by atoms with E-state index in [2.05, 4.69) is 41.5 Å². The van der Waals surface area contributed by atoms with Crippen LogP contribution < -0.4 is 11.1 Å². The summed E-state index contributed by atoms with van der Waals surface area (Å²) in [5.41, 5.74) is 10.9. The number of nitrogens with zero attached hydrogens (tertiary/aromatic N) is 2. The zero-order valence-electron chi connectivity index (χ0n) is 12.9. The Hall–Kier alpha value is -2.50. The van der Waals surface area contributed by atoms with E-state index in [1.165, 1.54) is 0 Å². The number of carbonyl (C=O) groups is 1. The van der Waals surface area contributed by atoms with Crippen molar-refractivity contribution in [2.45, 2.75) is 39.8 Å². The van der Waals surface area contributed by atoms with Crippen molar-refractivity contribution < 1.29 is 4.79 Å². The van der Waals surface area contributed by atoms with Gasteiger partial charge in [-0.3, -0.25) is 5.10 Å². The molecular formula is C16H21N5O. The first-order valence-electron chi connectivity index (χ1n) is 7.62. The Bertz CT molecular complexity index is 684. The van der Waals surface area contributed by atoms with E-state index in [0.717, 1.165) is 40.9 Å². The van der Waals surface area contributed by atoms with E-state index in [0.29, 0.717) is 18.9 Å². The van der Waals surface area contributed by atoms with Crippen LogP contribution >= 0.6 is 0 Å². The van der Waals surface area contributed by atoms with Gasteiger partial charge in [0.2, 0.25) is 0 Å². The van der Waals surface area contributed by atoms with Crippen LogP contribution in [0.15, 0.2) is 18.2 Å². The summed E-state index contributed by atoms with van der Waals surface area (Å²) in [5, 5.41) is 9.93. The Morgan fingerprint density at radius 1 is 1.32 bits per heavy atom. The maximum atomic E-state index is 12.6. The summed E-state index contributed by atoms with van der Waals surface area (Å²) < 4.78 is 0. The molecular weight excluding hydrogens is 278 g/mol. The van der Waals surface area contributed by atoms with Crippen LogP contribution in [0, 0.1) is 0 Å². The molecule has 116 valence electrons. The molecule has 0 unspecified atom stereocenters. The molecule has 0 bridgehead atoms. The lowest BCUT2D eigenvalue weighted by Gasteiger charge is -2.20. The number of urea groups is 1. The van der Waals surface area contributed by atoms with Crippen molar-refractivity contribution in [1.29, 1.82) is 0 Å². The van der Waals surface area contributed by atoms with Gasteiger partial charge in [0.1, 0.15) is 0 Å². The number of aryl methyl sites for hydroxylation is 2. The third-order valence-corrected chi connectivity index (χ3v) is 4.20. The third kappa shape index (κ3) is 2.41. The van der Waals surface area contributed by atoms with Gasteiger partial charge in [-0.15, -0.1) is 0 Å². The van der Waals surface area contributed by atoms with Crippen molar-refractivity contribution >= 4 is 17.5 Å². The van der Waals surface area contributed by atoms with E-state index in [-0.39, 0.29) is 6.03 Å². The van der Waals surface area contributed by atoms with Crippen LogP contribution in [0.2, 0.25) is 0 Å². The summed E-state index contributed by atoms with van der Waals surface area (Å²) in [6, 6.07) is 6.06. The van der Waals surface area contributed by atoms with Crippen molar-refractivity contribution in [2.75, 3.05) is 11.1 Å². The topological polar surface area (TPSA) is 87.0 Å². The van der Waals surface area contributed by atoms with E-state index in [1.807, 2.05) is 6.07 Å². The lowest BCUT2D eigenvalue weighted by atomic mass is 10.0. The molecule has 1 aliphatic rings. The van der Waals surface area contributed by atoms with E-state index >= 15 is 0 Å². The fourth-order valence-electron chi connectivity index (χ4n) is 2.89. The first-order chi connectivity index (χ1) is 10.6. The summed E-state index contributed by atoms with van der Waals surface area (Å²) >= 11 is 0. The van der Waals surface area contributed by atoms with Gasteiger partial charge >= 0.3 is 6.03 Å². The van der Waals surface area contributed by atoms with Gasteiger partial charge < -0.3 is 16.0 Å². The summed E-state index contributed by atoms with van der Waals surface area (Å²) in [7, 11) is 0. The number of anilines is 2. The number of hydrogen-bond acceptors (Lipinski definition) is 3. The second-order valence-electron chi connectivity index (χ2n) is 5.51. The van der Waals surface area contributed by atoms with Crippen molar-refractivity contribution in [3.8, 4) is 0 Å². The molecule has 1 aromatic heterocycles. The summed E-state index contributed by atoms with van der Waals surface area (Å²) in [6.07, 6.45) is 1.78. The molecule has 1 aliphatic heterocycles. The highest BCUT2D eigenvalue weighted by atomic mass is 16.2. The zero-order chi connectivity index (χ0) is 15.7. The highest BCUT2D eigenvalue weighted by Gasteiger charge is 2.27. The third-order valence-electron chi connectivity index (χ3n) is 4.20. The number of para-hydroxylation sites is 1. The number of aromatic nitrogens is 2. The number of fused-ring (bicyclic) bond motifs is 1. The molecule has 0 saturated carbocycles. The van der Waals surface area contributed by atoms with Crippen LogP contribution in [0.3, 0.4) is 0 Å². The number of hydrogen-bond donors (Lipinski definition) is 3. The number of nitrogens with two attached hydrogens (primary N) is 1. The van der Waals surface area contributed by atoms with Gasteiger partial charge in [-0.1, -0.05) is 32.0 Å². The van der Waals surface area contributed by atoms with Crippen molar-refractivity contribution in [2.24, 2.45) is 0 Å².